The van der Waals surface area contributed by atoms with Gasteiger partial charge in [0.15, 0.2) is 0 Å². The summed E-state index contributed by atoms with van der Waals surface area (Å²) in [5, 5.41) is 2.91. The molecule has 0 spiro atoms. The van der Waals surface area contributed by atoms with Crippen molar-refractivity contribution in [2.75, 3.05) is 6.54 Å². The van der Waals surface area contributed by atoms with Crippen LogP contribution in [0.15, 0.2) is 18.2 Å². The first-order valence-corrected chi connectivity index (χ1v) is 7.01. The average molecular weight is 276 g/mol. The summed E-state index contributed by atoms with van der Waals surface area (Å²) in [6.07, 6.45) is 3.40. The number of thiocarbonyl (C=S) groups is 1. The van der Waals surface area contributed by atoms with Crippen molar-refractivity contribution in [3.63, 3.8) is 0 Å². The van der Waals surface area contributed by atoms with Crippen LogP contribution in [0.25, 0.3) is 0 Å². The number of aryl methyl sites for hydroxylation is 2. The Morgan fingerprint density at radius 1 is 1.37 bits per heavy atom. The summed E-state index contributed by atoms with van der Waals surface area (Å²) in [6.45, 7) is 4.31. The molecular weight excluding hydrogens is 256 g/mol. The SMILES string of the molecule is CC(C)(CNC(=O)c1ccc2c(c1)CCC2)C(N)=S. The molecule has 0 fully saturated rings. The minimum absolute atomic E-state index is 0.0565. The van der Waals surface area contributed by atoms with Gasteiger partial charge in [-0.1, -0.05) is 32.1 Å². The van der Waals surface area contributed by atoms with Crippen LogP contribution in [0.5, 0.6) is 0 Å². The summed E-state index contributed by atoms with van der Waals surface area (Å²) in [5.74, 6) is -0.0565. The largest absolute Gasteiger partial charge is 0.393 e. The average Bonchev–Trinajstić information content (AvgIpc) is 2.82. The predicted octanol–water partition coefficient (Wildman–Crippen LogP) is 2.22. The lowest BCUT2D eigenvalue weighted by Crippen LogP contribution is -2.41. The normalized spacial score (nSPS) is 14.0. The van der Waals surface area contributed by atoms with Crippen molar-refractivity contribution < 1.29 is 4.79 Å². The van der Waals surface area contributed by atoms with Crippen molar-refractivity contribution in [1.82, 2.24) is 5.32 Å². The van der Waals surface area contributed by atoms with Crippen molar-refractivity contribution in [2.24, 2.45) is 11.1 Å². The maximum Gasteiger partial charge on any atom is 0.251 e. The van der Waals surface area contributed by atoms with E-state index in [-0.39, 0.29) is 11.3 Å². The third-order valence-electron chi connectivity index (χ3n) is 3.72. The first-order valence-electron chi connectivity index (χ1n) is 6.60. The zero-order valence-corrected chi connectivity index (χ0v) is 12.3. The van der Waals surface area contributed by atoms with Gasteiger partial charge in [0.1, 0.15) is 0 Å². The highest BCUT2D eigenvalue weighted by molar-refractivity contribution is 7.80. The van der Waals surface area contributed by atoms with Gasteiger partial charge in [-0.15, -0.1) is 0 Å². The standard InChI is InChI=1S/C15H20N2OS/c1-15(2,14(16)19)9-17-13(18)12-7-6-10-4-3-5-11(10)8-12/h6-8H,3-5,9H2,1-2H3,(H2,16,19)(H,17,18). The maximum atomic E-state index is 12.1. The highest BCUT2D eigenvalue weighted by Gasteiger charge is 2.22. The molecule has 1 aromatic carbocycles. The monoisotopic (exact) mass is 276 g/mol. The van der Waals surface area contributed by atoms with Gasteiger partial charge in [-0.25, -0.2) is 0 Å². The Labute approximate surface area is 119 Å². The van der Waals surface area contributed by atoms with Crippen molar-refractivity contribution in [2.45, 2.75) is 33.1 Å². The highest BCUT2D eigenvalue weighted by atomic mass is 32.1. The Morgan fingerprint density at radius 2 is 2.05 bits per heavy atom. The van der Waals surface area contributed by atoms with Crippen LogP contribution in [-0.4, -0.2) is 17.4 Å². The van der Waals surface area contributed by atoms with Gasteiger partial charge in [0.05, 0.1) is 4.99 Å². The van der Waals surface area contributed by atoms with E-state index in [1.165, 1.54) is 17.5 Å². The molecule has 3 N–H and O–H groups in total. The lowest BCUT2D eigenvalue weighted by Gasteiger charge is -2.23. The van der Waals surface area contributed by atoms with E-state index in [0.717, 1.165) is 18.4 Å². The van der Waals surface area contributed by atoms with E-state index in [4.69, 9.17) is 18.0 Å². The first-order chi connectivity index (χ1) is 8.90. The van der Waals surface area contributed by atoms with Crippen molar-refractivity contribution in [3.05, 3.63) is 34.9 Å². The molecule has 0 saturated heterocycles. The van der Waals surface area contributed by atoms with E-state index in [9.17, 15) is 4.79 Å². The van der Waals surface area contributed by atoms with Gasteiger partial charge in [-0.3, -0.25) is 4.79 Å². The number of rotatable bonds is 4. The second-order valence-electron chi connectivity index (χ2n) is 5.77. The summed E-state index contributed by atoms with van der Waals surface area (Å²) in [7, 11) is 0. The molecule has 0 unspecified atom stereocenters. The quantitative estimate of drug-likeness (QED) is 0.829. The number of hydrogen-bond donors (Lipinski definition) is 2. The Kier molecular flexibility index (Phi) is 3.90. The van der Waals surface area contributed by atoms with Crippen LogP contribution in [0, 0.1) is 5.41 Å². The van der Waals surface area contributed by atoms with E-state index in [1.54, 1.807) is 0 Å². The summed E-state index contributed by atoms with van der Waals surface area (Å²) < 4.78 is 0. The second kappa shape index (κ2) is 5.29. The molecule has 1 aliphatic rings. The second-order valence-corrected chi connectivity index (χ2v) is 6.21. The number of nitrogens with two attached hydrogens (primary N) is 1. The van der Waals surface area contributed by atoms with Crippen molar-refractivity contribution in [3.8, 4) is 0 Å². The zero-order valence-electron chi connectivity index (χ0n) is 11.5. The van der Waals surface area contributed by atoms with E-state index >= 15 is 0 Å². The minimum atomic E-state index is -0.359. The van der Waals surface area contributed by atoms with Crippen LogP contribution < -0.4 is 11.1 Å². The lowest BCUT2D eigenvalue weighted by molar-refractivity contribution is 0.0945. The molecule has 3 nitrogen and oxygen atoms in total. The molecule has 0 bridgehead atoms. The van der Waals surface area contributed by atoms with Gasteiger partial charge in [0, 0.05) is 17.5 Å². The van der Waals surface area contributed by atoms with Crippen LogP contribution >= 0.6 is 12.2 Å². The molecule has 0 radical (unpaired) electrons. The fourth-order valence-electron chi connectivity index (χ4n) is 2.20. The van der Waals surface area contributed by atoms with Crippen LogP contribution in [0.1, 0.15) is 41.8 Å². The molecule has 1 amide bonds. The van der Waals surface area contributed by atoms with E-state index in [0.29, 0.717) is 11.5 Å². The van der Waals surface area contributed by atoms with Crippen LogP contribution in [0.4, 0.5) is 0 Å². The Morgan fingerprint density at radius 3 is 2.74 bits per heavy atom. The molecule has 1 aliphatic carbocycles. The number of hydrogen-bond acceptors (Lipinski definition) is 2. The first kappa shape index (κ1) is 14.0. The summed E-state index contributed by atoms with van der Waals surface area (Å²) in [6, 6.07) is 5.97. The van der Waals surface area contributed by atoms with E-state index < -0.39 is 0 Å². The van der Waals surface area contributed by atoms with Gasteiger partial charge in [-0.2, -0.15) is 0 Å². The predicted molar refractivity (Wildman–Crippen MR) is 81.4 cm³/mol. The Bertz CT molecular complexity index is 523. The number of fused-ring (bicyclic) bond motifs is 1. The maximum absolute atomic E-state index is 12.1. The van der Waals surface area contributed by atoms with Crippen molar-refractivity contribution in [1.29, 1.82) is 0 Å². The van der Waals surface area contributed by atoms with Gasteiger partial charge in [0.2, 0.25) is 0 Å². The molecule has 0 aromatic heterocycles. The fourth-order valence-corrected chi connectivity index (χ4v) is 2.28. The molecule has 0 aliphatic heterocycles. The molecule has 0 heterocycles. The topological polar surface area (TPSA) is 55.1 Å². The molecule has 4 heteroatoms. The number of nitrogens with one attached hydrogen (secondary N) is 1. The molecule has 2 rings (SSSR count). The third-order valence-corrected chi connectivity index (χ3v) is 4.27. The molecule has 19 heavy (non-hydrogen) atoms. The minimum Gasteiger partial charge on any atom is -0.393 e. The smallest absolute Gasteiger partial charge is 0.251 e. The van der Waals surface area contributed by atoms with Gasteiger partial charge in [0.25, 0.3) is 5.91 Å². The van der Waals surface area contributed by atoms with Crippen LogP contribution in [0.3, 0.4) is 0 Å². The summed E-state index contributed by atoms with van der Waals surface area (Å²) in [5.41, 5.74) is 8.69. The van der Waals surface area contributed by atoms with E-state index in [2.05, 4.69) is 11.4 Å². The fraction of sp³-hybridized carbons (Fsp3) is 0.467. The summed E-state index contributed by atoms with van der Waals surface area (Å²) >= 11 is 4.99. The van der Waals surface area contributed by atoms with Crippen LogP contribution in [0.2, 0.25) is 0 Å². The molecule has 0 saturated carbocycles. The number of carbonyl (C=O) groups excluding carboxylic acids is 1. The lowest BCUT2D eigenvalue weighted by atomic mass is 9.93. The summed E-state index contributed by atoms with van der Waals surface area (Å²) in [4.78, 5) is 12.5. The van der Waals surface area contributed by atoms with Gasteiger partial charge in [-0.05, 0) is 42.5 Å². The van der Waals surface area contributed by atoms with Crippen LogP contribution in [-0.2, 0) is 12.8 Å². The molecular formula is C15H20N2OS. The third kappa shape index (κ3) is 3.13. The Hall–Kier alpha value is -1.42. The number of amides is 1. The van der Waals surface area contributed by atoms with Gasteiger partial charge < -0.3 is 11.1 Å². The van der Waals surface area contributed by atoms with Crippen molar-refractivity contribution >= 4 is 23.1 Å². The Balaban J connectivity index is 2.03. The molecule has 0 atom stereocenters. The molecule has 1 aromatic rings. The highest BCUT2D eigenvalue weighted by Crippen LogP contribution is 2.23. The van der Waals surface area contributed by atoms with E-state index in [1.807, 2.05) is 26.0 Å². The van der Waals surface area contributed by atoms with Gasteiger partial charge >= 0.3 is 0 Å². The molecule has 102 valence electrons. The number of carbonyl (C=O) groups is 1. The zero-order chi connectivity index (χ0) is 14.0. The number of benzene rings is 1.